The average molecular weight is 175 g/mol. The van der Waals surface area contributed by atoms with Crippen LogP contribution in [0, 0.1) is 0 Å². The molecule has 0 saturated carbocycles. The molecule has 0 spiro atoms. The summed E-state index contributed by atoms with van der Waals surface area (Å²) in [5.41, 5.74) is -1.20. The quantitative estimate of drug-likeness (QED) is 0.698. The van der Waals surface area contributed by atoms with Crippen molar-refractivity contribution in [3.05, 3.63) is 33.7 Å². The summed E-state index contributed by atoms with van der Waals surface area (Å²) in [7, 11) is 0. The van der Waals surface area contributed by atoms with Gasteiger partial charge in [0.1, 0.15) is 0 Å². The van der Waals surface area contributed by atoms with Gasteiger partial charge in [0, 0.05) is 5.69 Å². The Morgan fingerprint density at radius 1 is 1.50 bits per heavy atom. The summed E-state index contributed by atoms with van der Waals surface area (Å²) < 4.78 is 24.0. The van der Waals surface area contributed by atoms with Crippen molar-refractivity contribution in [2.45, 2.75) is 13.0 Å². The Labute approximate surface area is 66.7 Å². The molecule has 1 rings (SSSR count). The molecule has 5 heteroatoms. The maximum Gasteiger partial charge on any atom is 0.269 e. The van der Waals surface area contributed by atoms with Crippen LogP contribution in [0.25, 0.3) is 0 Å². The molecule has 66 valence electrons. The number of halogens is 2. The first-order valence-electron chi connectivity index (χ1n) is 3.26. The smallest absolute Gasteiger partial charge is 0.269 e. The summed E-state index contributed by atoms with van der Waals surface area (Å²) in [4.78, 5) is 12.9. The zero-order chi connectivity index (χ0) is 9.14. The lowest BCUT2D eigenvalue weighted by molar-refractivity contribution is 0.149. The molecule has 0 aliphatic carbocycles. The number of H-pyrrole nitrogens is 1. The normalized spacial score (nSPS) is 10.7. The van der Waals surface area contributed by atoms with Gasteiger partial charge in [-0.2, -0.15) is 0 Å². The first kappa shape index (κ1) is 8.86. The van der Waals surface area contributed by atoms with E-state index < -0.39 is 17.5 Å². The number of aliphatic hydroxyl groups is 1. The van der Waals surface area contributed by atoms with Gasteiger partial charge in [-0.25, -0.2) is 8.78 Å². The number of aliphatic hydroxyl groups excluding tert-OH is 1. The minimum absolute atomic E-state index is 0.226. The zero-order valence-corrected chi connectivity index (χ0v) is 6.05. The molecule has 1 aromatic rings. The van der Waals surface area contributed by atoms with Crippen LogP contribution in [0.15, 0.2) is 16.9 Å². The minimum atomic E-state index is -2.78. The summed E-state index contributed by atoms with van der Waals surface area (Å²) >= 11 is 0. The Bertz CT molecular complexity index is 321. The van der Waals surface area contributed by atoms with Crippen LogP contribution in [0.5, 0.6) is 0 Å². The van der Waals surface area contributed by atoms with E-state index in [4.69, 9.17) is 5.11 Å². The predicted octanol–water partition coefficient (Wildman–Crippen LogP) is 0.805. The molecule has 0 bridgehead atoms. The minimum Gasteiger partial charge on any atom is -0.390 e. The number of aromatic nitrogens is 1. The summed E-state index contributed by atoms with van der Waals surface area (Å²) in [5.74, 6) is 0. The summed E-state index contributed by atoms with van der Waals surface area (Å²) in [5, 5.41) is 8.53. The van der Waals surface area contributed by atoms with E-state index >= 15 is 0 Å². The molecule has 0 unspecified atom stereocenters. The van der Waals surface area contributed by atoms with E-state index in [0.717, 1.165) is 6.07 Å². The van der Waals surface area contributed by atoms with Crippen LogP contribution < -0.4 is 5.56 Å². The van der Waals surface area contributed by atoms with Gasteiger partial charge in [0.05, 0.1) is 12.2 Å². The van der Waals surface area contributed by atoms with Crippen molar-refractivity contribution in [3.8, 4) is 0 Å². The van der Waals surface area contributed by atoms with Crippen LogP contribution in [0.4, 0.5) is 8.78 Å². The van der Waals surface area contributed by atoms with Gasteiger partial charge in [-0.15, -0.1) is 0 Å². The molecule has 0 amide bonds. The molecule has 0 atom stereocenters. The van der Waals surface area contributed by atoms with Crippen molar-refractivity contribution in [2.24, 2.45) is 0 Å². The lowest BCUT2D eigenvalue weighted by atomic mass is 10.2. The van der Waals surface area contributed by atoms with E-state index in [2.05, 4.69) is 4.98 Å². The van der Waals surface area contributed by atoms with Gasteiger partial charge in [0.15, 0.2) is 0 Å². The monoisotopic (exact) mass is 175 g/mol. The molecule has 3 nitrogen and oxygen atoms in total. The Balaban J connectivity index is 3.12. The summed E-state index contributed by atoms with van der Waals surface area (Å²) in [6, 6.07) is 2.26. The second-order valence-corrected chi connectivity index (χ2v) is 2.23. The molecule has 0 aliphatic rings. The Morgan fingerprint density at radius 2 is 2.17 bits per heavy atom. The Morgan fingerprint density at radius 3 is 2.58 bits per heavy atom. The van der Waals surface area contributed by atoms with Crippen LogP contribution >= 0.6 is 0 Å². The molecule has 0 radical (unpaired) electrons. The lowest BCUT2D eigenvalue weighted by Crippen LogP contribution is -2.14. The van der Waals surface area contributed by atoms with Crippen LogP contribution in [0.1, 0.15) is 17.7 Å². The van der Waals surface area contributed by atoms with Crippen molar-refractivity contribution in [3.63, 3.8) is 0 Å². The molecule has 12 heavy (non-hydrogen) atoms. The fourth-order valence-electron chi connectivity index (χ4n) is 0.790. The van der Waals surface area contributed by atoms with Gasteiger partial charge in [0.25, 0.3) is 12.0 Å². The van der Waals surface area contributed by atoms with Gasteiger partial charge in [0.2, 0.25) is 0 Å². The fourth-order valence-corrected chi connectivity index (χ4v) is 0.790. The van der Waals surface area contributed by atoms with E-state index in [1.165, 1.54) is 6.07 Å². The van der Waals surface area contributed by atoms with E-state index in [1.54, 1.807) is 0 Å². The maximum atomic E-state index is 12.0. The second kappa shape index (κ2) is 3.44. The molecule has 2 N–H and O–H groups in total. The average Bonchev–Trinajstić information content (AvgIpc) is 2.03. The SMILES string of the molecule is O=c1[nH]c(CO)ccc1C(F)F. The fraction of sp³-hybridized carbons (Fsp3) is 0.286. The van der Waals surface area contributed by atoms with Crippen LogP contribution in [0.2, 0.25) is 0 Å². The lowest BCUT2D eigenvalue weighted by Gasteiger charge is -1.99. The first-order valence-corrected chi connectivity index (χ1v) is 3.26. The highest BCUT2D eigenvalue weighted by Gasteiger charge is 2.11. The van der Waals surface area contributed by atoms with Crippen molar-refractivity contribution >= 4 is 0 Å². The van der Waals surface area contributed by atoms with Crippen molar-refractivity contribution < 1.29 is 13.9 Å². The van der Waals surface area contributed by atoms with Gasteiger partial charge in [-0.3, -0.25) is 4.79 Å². The van der Waals surface area contributed by atoms with Crippen molar-refractivity contribution in [1.82, 2.24) is 4.98 Å². The van der Waals surface area contributed by atoms with E-state index in [9.17, 15) is 13.6 Å². The largest absolute Gasteiger partial charge is 0.390 e. The first-order chi connectivity index (χ1) is 5.65. The second-order valence-electron chi connectivity index (χ2n) is 2.23. The number of nitrogens with one attached hydrogen (secondary N) is 1. The van der Waals surface area contributed by atoms with Crippen LogP contribution in [-0.2, 0) is 6.61 Å². The van der Waals surface area contributed by atoms with Crippen LogP contribution in [0.3, 0.4) is 0 Å². The Kier molecular flexibility index (Phi) is 2.54. The zero-order valence-electron chi connectivity index (χ0n) is 6.05. The van der Waals surface area contributed by atoms with Gasteiger partial charge in [-0.1, -0.05) is 0 Å². The van der Waals surface area contributed by atoms with E-state index in [-0.39, 0.29) is 12.3 Å². The molecule has 0 aliphatic heterocycles. The standard InChI is InChI=1S/C7H7F2NO2/c8-6(9)5-2-1-4(3-11)10-7(5)12/h1-2,6,11H,3H2,(H,10,12). The van der Waals surface area contributed by atoms with Crippen molar-refractivity contribution in [2.75, 3.05) is 0 Å². The van der Waals surface area contributed by atoms with E-state index in [1.807, 2.05) is 0 Å². The maximum absolute atomic E-state index is 12.0. The topological polar surface area (TPSA) is 53.1 Å². The number of hydrogen-bond acceptors (Lipinski definition) is 2. The van der Waals surface area contributed by atoms with Gasteiger partial charge >= 0.3 is 0 Å². The third kappa shape index (κ3) is 1.68. The number of aromatic amines is 1. The molecular weight excluding hydrogens is 168 g/mol. The Hall–Kier alpha value is -1.23. The summed E-state index contributed by atoms with van der Waals surface area (Å²) in [6.07, 6.45) is -2.78. The predicted molar refractivity (Wildman–Crippen MR) is 37.9 cm³/mol. The molecule has 0 saturated heterocycles. The number of alkyl halides is 2. The highest BCUT2D eigenvalue weighted by atomic mass is 19.3. The van der Waals surface area contributed by atoms with Gasteiger partial charge in [-0.05, 0) is 12.1 Å². The van der Waals surface area contributed by atoms with Gasteiger partial charge < -0.3 is 10.1 Å². The highest BCUT2D eigenvalue weighted by Crippen LogP contribution is 2.13. The van der Waals surface area contributed by atoms with E-state index in [0.29, 0.717) is 0 Å². The number of pyridine rings is 1. The third-order valence-corrected chi connectivity index (χ3v) is 1.41. The number of rotatable bonds is 2. The van der Waals surface area contributed by atoms with Crippen molar-refractivity contribution in [1.29, 1.82) is 0 Å². The summed E-state index contributed by atoms with van der Waals surface area (Å²) in [6.45, 7) is -0.362. The number of hydrogen-bond donors (Lipinski definition) is 2. The van der Waals surface area contributed by atoms with Crippen LogP contribution in [-0.4, -0.2) is 10.1 Å². The molecule has 1 aromatic heterocycles. The third-order valence-electron chi connectivity index (χ3n) is 1.41. The molecular formula is C7H7F2NO2. The molecule has 1 heterocycles. The highest BCUT2D eigenvalue weighted by molar-refractivity contribution is 5.14. The molecule has 0 aromatic carbocycles. The molecule has 0 fully saturated rings.